The quantitative estimate of drug-likeness (QED) is 0.914. The van der Waals surface area contributed by atoms with Crippen molar-refractivity contribution in [2.24, 2.45) is 11.8 Å². The van der Waals surface area contributed by atoms with Crippen molar-refractivity contribution in [2.75, 3.05) is 25.0 Å². The molecule has 4 rings (SSSR count). The molecule has 0 radical (unpaired) electrons. The smallest absolute Gasteiger partial charge is 0.0991 e. The SMILES string of the molecule is C=C([C@H]1CCC[C@@H]1C1CNc2ccc(C#N)cc21)N1CCCC1. The highest BCUT2D eigenvalue weighted by atomic mass is 15.2. The average Bonchev–Trinajstić information content (AvgIpc) is 3.31. The van der Waals surface area contributed by atoms with E-state index in [1.54, 1.807) is 0 Å². The third kappa shape index (κ3) is 2.51. The van der Waals surface area contributed by atoms with Crippen molar-refractivity contribution >= 4 is 5.69 Å². The van der Waals surface area contributed by atoms with Gasteiger partial charge in [0.25, 0.3) is 0 Å². The molecule has 1 saturated carbocycles. The van der Waals surface area contributed by atoms with Crippen molar-refractivity contribution in [3.63, 3.8) is 0 Å². The number of anilines is 1. The number of likely N-dealkylation sites (tertiary alicyclic amines) is 1. The molecule has 1 aliphatic carbocycles. The Hall–Kier alpha value is -1.95. The summed E-state index contributed by atoms with van der Waals surface area (Å²) in [7, 11) is 0. The van der Waals surface area contributed by atoms with Gasteiger partial charge >= 0.3 is 0 Å². The molecule has 1 saturated heterocycles. The minimum Gasteiger partial charge on any atom is -0.384 e. The van der Waals surface area contributed by atoms with Gasteiger partial charge in [0.15, 0.2) is 0 Å². The van der Waals surface area contributed by atoms with Crippen molar-refractivity contribution in [2.45, 2.75) is 38.0 Å². The molecular formula is C20H25N3. The first-order valence-corrected chi connectivity index (χ1v) is 8.99. The fraction of sp³-hybridized carbons (Fsp3) is 0.550. The molecule has 3 heteroatoms. The highest BCUT2D eigenvalue weighted by molar-refractivity contribution is 5.60. The number of nitriles is 1. The molecule has 1 unspecified atom stereocenters. The molecule has 0 spiro atoms. The Bertz CT molecular complexity index is 651. The molecule has 2 heterocycles. The number of hydrogen-bond acceptors (Lipinski definition) is 3. The van der Waals surface area contributed by atoms with Crippen LogP contribution in [0.1, 0.15) is 49.1 Å². The number of fused-ring (bicyclic) bond motifs is 1. The Balaban J connectivity index is 1.59. The molecular weight excluding hydrogens is 282 g/mol. The predicted octanol–water partition coefficient (Wildman–Crippen LogP) is 4.09. The van der Waals surface area contributed by atoms with Gasteiger partial charge in [0.05, 0.1) is 11.6 Å². The van der Waals surface area contributed by atoms with Crippen LogP contribution in [0.3, 0.4) is 0 Å². The van der Waals surface area contributed by atoms with Gasteiger partial charge in [-0.05, 0) is 55.4 Å². The van der Waals surface area contributed by atoms with E-state index in [0.29, 0.717) is 17.8 Å². The van der Waals surface area contributed by atoms with Crippen molar-refractivity contribution in [1.82, 2.24) is 4.90 Å². The third-order valence-electron chi connectivity index (χ3n) is 6.12. The average molecular weight is 307 g/mol. The Morgan fingerprint density at radius 1 is 1.22 bits per heavy atom. The van der Waals surface area contributed by atoms with Gasteiger partial charge in [-0.2, -0.15) is 5.26 Å². The zero-order chi connectivity index (χ0) is 15.8. The summed E-state index contributed by atoms with van der Waals surface area (Å²) in [5.74, 6) is 1.83. The van der Waals surface area contributed by atoms with Crippen molar-refractivity contribution in [3.05, 3.63) is 41.6 Å². The van der Waals surface area contributed by atoms with E-state index in [4.69, 9.17) is 0 Å². The topological polar surface area (TPSA) is 39.1 Å². The second kappa shape index (κ2) is 5.92. The van der Waals surface area contributed by atoms with Gasteiger partial charge in [-0.25, -0.2) is 0 Å². The molecule has 120 valence electrons. The summed E-state index contributed by atoms with van der Waals surface area (Å²) >= 11 is 0. The van der Waals surface area contributed by atoms with Crippen LogP contribution in [0.5, 0.6) is 0 Å². The molecule has 3 atom stereocenters. The zero-order valence-corrected chi connectivity index (χ0v) is 13.7. The van der Waals surface area contributed by atoms with Gasteiger partial charge in [0.1, 0.15) is 0 Å². The molecule has 0 bridgehead atoms. The number of benzene rings is 1. The van der Waals surface area contributed by atoms with Crippen LogP contribution in [0.25, 0.3) is 0 Å². The van der Waals surface area contributed by atoms with Gasteiger partial charge in [0.2, 0.25) is 0 Å². The Morgan fingerprint density at radius 3 is 2.83 bits per heavy atom. The van der Waals surface area contributed by atoms with Crippen molar-refractivity contribution in [3.8, 4) is 6.07 Å². The Labute approximate surface area is 139 Å². The molecule has 23 heavy (non-hydrogen) atoms. The molecule has 1 N–H and O–H groups in total. The van der Waals surface area contributed by atoms with Crippen LogP contribution in [0.4, 0.5) is 5.69 Å². The molecule has 3 aliphatic rings. The maximum Gasteiger partial charge on any atom is 0.0991 e. The first-order chi connectivity index (χ1) is 11.3. The largest absolute Gasteiger partial charge is 0.384 e. The second-order valence-corrected chi connectivity index (χ2v) is 7.29. The van der Waals surface area contributed by atoms with E-state index in [1.807, 2.05) is 6.07 Å². The van der Waals surface area contributed by atoms with Crippen molar-refractivity contribution < 1.29 is 0 Å². The van der Waals surface area contributed by atoms with E-state index >= 15 is 0 Å². The monoisotopic (exact) mass is 307 g/mol. The van der Waals surface area contributed by atoms with Crippen LogP contribution in [-0.2, 0) is 0 Å². The van der Waals surface area contributed by atoms with Crippen LogP contribution in [0, 0.1) is 23.2 Å². The summed E-state index contributed by atoms with van der Waals surface area (Å²) in [4.78, 5) is 2.53. The van der Waals surface area contributed by atoms with E-state index in [-0.39, 0.29) is 0 Å². The van der Waals surface area contributed by atoms with Crippen LogP contribution < -0.4 is 5.32 Å². The molecule has 0 aromatic heterocycles. The van der Waals surface area contributed by atoms with E-state index in [1.165, 1.54) is 62.1 Å². The first-order valence-electron chi connectivity index (χ1n) is 8.99. The lowest BCUT2D eigenvalue weighted by atomic mass is 9.79. The number of hydrogen-bond donors (Lipinski definition) is 1. The third-order valence-corrected chi connectivity index (χ3v) is 6.12. The number of nitrogens with zero attached hydrogens (tertiary/aromatic N) is 2. The van der Waals surface area contributed by atoms with Crippen LogP contribution in [0.2, 0.25) is 0 Å². The minimum absolute atomic E-state index is 0.533. The summed E-state index contributed by atoms with van der Waals surface area (Å²) in [5, 5.41) is 12.8. The highest BCUT2D eigenvalue weighted by Crippen LogP contribution is 2.49. The lowest BCUT2D eigenvalue weighted by molar-refractivity contribution is 0.294. The standard InChI is InChI=1S/C20H25N3/c1-14(23-9-2-3-10-23)16-5-4-6-17(16)19-13-22-20-8-7-15(12-21)11-18(19)20/h7-8,11,16-17,19,22H,1-6,9-10,13H2/t16-,17+,19?/m1/s1. The molecule has 1 aromatic carbocycles. The summed E-state index contributed by atoms with van der Waals surface area (Å²) in [6.07, 6.45) is 6.52. The number of allylic oxidation sites excluding steroid dienone is 1. The summed E-state index contributed by atoms with van der Waals surface area (Å²) < 4.78 is 0. The fourth-order valence-corrected chi connectivity index (χ4v) is 4.93. The Morgan fingerprint density at radius 2 is 2.04 bits per heavy atom. The lowest BCUT2D eigenvalue weighted by Crippen LogP contribution is -2.28. The van der Waals surface area contributed by atoms with Crippen molar-refractivity contribution in [1.29, 1.82) is 5.26 Å². The molecule has 1 aromatic rings. The summed E-state index contributed by atoms with van der Waals surface area (Å²) in [6.45, 7) is 7.88. The number of nitrogens with one attached hydrogen (secondary N) is 1. The molecule has 3 nitrogen and oxygen atoms in total. The molecule has 0 amide bonds. The van der Waals surface area contributed by atoms with Crippen LogP contribution in [0.15, 0.2) is 30.5 Å². The minimum atomic E-state index is 0.533. The maximum atomic E-state index is 9.21. The molecule has 2 fully saturated rings. The number of rotatable bonds is 3. The second-order valence-electron chi connectivity index (χ2n) is 7.29. The van der Waals surface area contributed by atoms with Gasteiger partial charge in [-0.1, -0.05) is 13.0 Å². The van der Waals surface area contributed by atoms with Gasteiger partial charge < -0.3 is 10.2 Å². The van der Waals surface area contributed by atoms with Gasteiger partial charge in [-0.15, -0.1) is 0 Å². The summed E-state index contributed by atoms with van der Waals surface area (Å²) in [6, 6.07) is 8.39. The highest BCUT2D eigenvalue weighted by Gasteiger charge is 2.40. The van der Waals surface area contributed by atoms with Gasteiger partial charge in [0, 0.05) is 42.9 Å². The normalized spacial score (nSPS) is 29.2. The molecule has 2 aliphatic heterocycles. The van der Waals surface area contributed by atoms with E-state index in [0.717, 1.165) is 12.1 Å². The Kier molecular flexibility index (Phi) is 3.77. The zero-order valence-electron chi connectivity index (χ0n) is 13.7. The van der Waals surface area contributed by atoms with E-state index in [2.05, 4.69) is 35.0 Å². The maximum absolute atomic E-state index is 9.21. The first kappa shape index (κ1) is 14.6. The predicted molar refractivity (Wildman–Crippen MR) is 93.2 cm³/mol. The van der Waals surface area contributed by atoms with E-state index in [9.17, 15) is 5.26 Å². The van der Waals surface area contributed by atoms with Gasteiger partial charge in [-0.3, -0.25) is 0 Å². The van der Waals surface area contributed by atoms with Crippen LogP contribution >= 0.6 is 0 Å². The fourth-order valence-electron chi connectivity index (χ4n) is 4.93. The summed E-state index contributed by atoms with van der Waals surface area (Å²) in [5.41, 5.74) is 4.75. The van der Waals surface area contributed by atoms with E-state index < -0.39 is 0 Å². The lowest BCUT2D eigenvalue weighted by Gasteiger charge is -2.32. The van der Waals surface area contributed by atoms with Crippen LogP contribution in [-0.4, -0.2) is 24.5 Å².